The van der Waals surface area contributed by atoms with Gasteiger partial charge in [-0.25, -0.2) is 0 Å². The Balaban J connectivity index is 1.78. The molecule has 150 valence electrons. The van der Waals surface area contributed by atoms with Gasteiger partial charge < -0.3 is 5.32 Å². The Bertz CT molecular complexity index is 967. The van der Waals surface area contributed by atoms with Crippen molar-refractivity contribution in [1.82, 2.24) is 14.9 Å². The van der Waals surface area contributed by atoms with Crippen LogP contribution in [0.1, 0.15) is 52.7 Å². The zero-order valence-corrected chi connectivity index (χ0v) is 17.7. The average Bonchev–Trinajstić information content (AvgIpc) is 3.49. The molecular formula is C21H22N4O2S2. The van der Waals surface area contributed by atoms with Gasteiger partial charge in [0, 0.05) is 22.0 Å². The first-order valence-corrected chi connectivity index (χ1v) is 11.4. The van der Waals surface area contributed by atoms with Crippen molar-refractivity contribution in [1.29, 1.82) is 0 Å². The number of thiophene rings is 1. The number of aryl methyl sites for hydroxylation is 1. The van der Waals surface area contributed by atoms with E-state index in [-0.39, 0.29) is 23.6 Å². The van der Waals surface area contributed by atoms with Gasteiger partial charge in [-0.1, -0.05) is 41.6 Å². The molecule has 8 heteroatoms. The molecule has 1 aromatic carbocycles. The minimum Gasteiger partial charge on any atom is -0.351 e. The summed E-state index contributed by atoms with van der Waals surface area (Å²) < 4.78 is 3.84. The third-order valence-corrected chi connectivity index (χ3v) is 6.62. The average molecular weight is 427 g/mol. The molecule has 1 N–H and O–H groups in total. The number of amides is 2. The summed E-state index contributed by atoms with van der Waals surface area (Å²) in [5.41, 5.74) is 1.86. The summed E-state index contributed by atoms with van der Waals surface area (Å²) in [5.74, 6) is -0.479. The van der Waals surface area contributed by atoms with Crippen LogP contribution in [0.5, 0.6) is 0 Å². The largest absolute Gasteiger partial charge is 0.351 e. The number of hydrogen-bond donors (Lipinski definition) is 1. The van der Waals surface area contributed by atoms with E-state index >= 15 is 0 Å². The molecule has 0 unspecified atom stereocenters. The number of nitrogens with zero attached hydrogens (tertiary/aromatic N) is 3. The molecule has 2 heterocycles. The molecule has 1 atom stereocenters. The predicted octanol–water partition coefficient (Wildman–Crippen LogP) is 4.35. The first kappa shape index (κ1) is 19.7. The van der Waals surface area contributed by atoms with Gasteiger partial charge in [-0.05, 0) is 54.4 Å². The summed E-state index contributed by atoms with van der Waals surface area (Å²) in [4.78, 5) is 29.3. The van der Waals surface area contributed by atoms with Crippen molar-refractivity contribution in [2.45, 2.75) is 44.7 Å². The Morgan fingerprint density at radius 3 is 2.62 bits per heavy atom. The highest BCUT2D eigenvalue weighted by atomic mass is 32.1. The molecule has 0 bridgehead atoms. The molecule has 2 aromatic heterocycles. The number of rotatable bonds is 6. The van der Waals surface area contributed by atoms with Crippen LogP contribution in [0.15, 0.2) is 47.2 Å². The number of aromatic nitrogens is 2. The molecule has 29 heavy (non-hydrogen) atoms. The third kappa shape index (κ3) is 4.23. The predicted molar refractivity (Wildman–Crippen MR) is 115 cm³/mol. The topological polar surface area (TPSA) is 75.2 Å². The molecule has 4 rings (SSSR count). The minimum absolute atomic E-state index is 0.154. The van der Waals surface area contributed by atoms with Crippen molar-refractivity contribution in [2.24, 2.45) is 0 Å². The maximum atomic E-state index is 13.5. The lowest BCUT2D eigenvalue weighted by Crippen LogP contribution is -2.46. The fourth-order valence-corrected chi connectivity index (χ4v) is 4.99. The van der Waals surface area contributed by atoms with Gasteiger partial charge in [0.25, 0.3) is 5.91 Å². The number of benzene rings is 1. The standard InChI is InChI=1S/C21H22N4O2S2/c1-14-7-2-5-10-17(14)25(21(27)16-13-29-24-23-16)19(18-11-6-12-28-18)20(26)22-15-8-3-4-9-15/h2,5-7,10-13,15,19H,3-4,8-9H2,1H3,(H,22,26)/t19-/m1/s1. The Morgan fingerprint density at radius 1 is 1.17 bits per heavy atom. The lowest BCUT2D eigenvalue weighted by molar-refractivity contribution is -0.123. The second-order valence-corrected chi connectivity index (χ2v) is 8.75. The molecule has 1 aliphatic carbocycles. The summed E-state index contributed by atoms with van der Waals surface area (Å²) in [6, 6.07) is 10.8. The molecule has 1 fully saturated rings. The van der Waals surface area contributed by atoms with Gasteiger partial charge in [-0.2, -0.15) is 0 Å². The van der Waals surface area contributed by atoms with Crippen molar-refractivity contribution in [3.8, 4) is 0 Å². The highest BCUT2D eigenvalue weighted by molar-refractivity contribution is 7.10. The van der Waals surface area contributed by atoms with Crippen molar-refractivity contribution >= 4 is 40.4 Å². The fraction of sp³-hybridized carbons (Fsp3) is 0.333. The Labute approximate surface area is 177 Å². The van der Waals surface area contributed by atoms with Crippen molar-refractivity contribution < 1.29 is 9.59 Å². The van der Waals surface area contributed by atoms with Crippen molar-refractivity contribution in [2.75, 3.05) is 4.90 Å². The zero-order valence-electron chi connectivity index (χ0n) is 16.1. The van der Waals surface area contributed by atoms with E-state index in [9.17, 15) is 9.59 Å². The molecule has 1 aliphatic rings. The molecule has 6 nitrogen and oxygen atoms in total. The van der Waals surface area contributed by atoms with Crippen LogP contribution in [0, 0.1) is 6.92 Å². The number of para-hydroxylation sites is 1. The molecule has 0 spiro atoms. The maximum Gasteiger partial charge on any atom is 0.280 e. The molecule has 2 amide bonds. The number of nitrogens with one attached hydrogen (secondary N) is 1. The second kappa shape index (κ2) is 8.84. The van der Waals surface area contributed by atoms with Gasteiger partial charge >= 0.3 is 0 Å². The lowest BCUT2D eigenvalue weighted by atomic mass is 10.1. The minimum atomic E-state index is -0.758. The van der Waals surface area contributed by atoms with E-state index in [2.05, 4.69) is 14.9 Å². The fourth-order valence-electron chi connectivity index (χ4n) is 3.75. The van der Waals surface area contributed by atoms with Crippen LogP contribution in [0.3, 0.4) is 0 Å². The molecule has 0 radical (unpaired) electrons. The van der Waals surface area contributed by atoms with E-state index in [1.807, 2.05) is 48.7 Å². The second-order valence-electron chi connectivity index (χ2n) is 7.16. The van der Waals surface area contributed by atoms with Crippen molar-refractivity contribution in [3.05, 3.63) is 63.3 Å². The van der Waals surface area contributed by atoms with E-state index in [1.54, 1.807) is 10.3 Å². The first-order chi connectivity index (χ1) is 14.1. The number of carbonyl (C=O) groups excluding carboxylic acids is 2. The summed E-state index contributed by atoms with van der Waals surface area (Å²) >= 11 is 2.59. The van der Waals surface area contributed by atoms with Gasteiger partial charge in [-0.15, -0.1) is 16.4 Å². The van der Waals surface area contributed by atoms with E-state index < -0.39 is 6.04 Å². The molecular weight excluding hydrogens is 404 g/mol. The zero-order chi connectivity index (χ0) is 20.2. The maximum absolute atomic E-state index is 13.5. The smallest absolute Gasteiger partial charge is 0.280 e. The number of anilines is 1. The Morgan fingerprint density at radius 2 is 1.97 bits per heavy atom. The summed E-state index contributed by atoms with van der Waals surface area (Å²) in [5, 5.41) is 10.7. The van der Waals surface area contributed by atoms with Crippen LogP contribution in [0.4, 0.5) is 5.69 Å². The molecule has 0 aliphatic heterocycles. The van der Waals surface area contributed by atoms with Crippen molar-refractivity contribution in [3.63, 3.8) is 0 Å². The van der Waals surface area contributed by atoms with Crippen LogP contribution in [0.2, 0.25) is 0 Å². The lowest BCUT2D eigenvalue weighted by Gasteiger charge is -2.32. The molecule has 0 saturated heterocycles. The van der Waals surface area contributed by atoms with Gasteiger partial charge in [0.15, 0.2) is 11.7 Å². The van der Waals surface area contributed by atoms with Crippen LogP contribution in [-0.2, 0) is 4.79 Å². The van der Waals surface area contributed by atoms with Gasteiger partial charge in [0.05, 0.1) is 0 Å². The monoisotopic (exact) mass is 426 g/mol. The third-order valence-electron chi connectivity index (χ3n) is 5.19. The van der Waals surface area contributed by atoms with E-state index in [4.69, 9.17) is 0 Å². The number of hydrogen-bond acceptors (Lipinski definition) is 6. The highest BCUT2D eigenvalue weighted by Crippen LogP contribution is 2.34. The molecule has 1 saturated carbocycles. The Hall–Kier alpha value is -2.58. The quantitative estimate of drug-likeness (QED) is 0.636. The molecule has 3 aromatic rings. The van der Waals surface area contributed by atoms with Crippen LogP contribution in [-0.4, -0.2) is 27.4 Å². The number of carbonyl (C=O) groups is 2. The first-order valence-electron chi connectivity index (χ1n) is 9.65. The summed E-state index contributed by atoms with van der Waals surface area (Å²) in [7, 11) is 0. The normalized spacial score (nSPS) is 15.2. The van der Waals surface area contributed by atoms with Crippen LogP contribution < -0.4 is 10.2 Å². The summed E-state index contributed by atoms with van der Waals surface area (Å²) in [6.45, 7) is 1.94. The van der Waals surface area contributed by atoms with Crippen LogP contribution >= 0.6 is 22.9 Å². The van der Waals surface area contributed by atoms with Gasteiger partial charge in [0.1, 0.15) is 0 Å². The van der Waals surface area contributed by atoms with Crippen LogP contribution in [0.25, 0.3) is 0 Å². The highest BCUT2D eigenvalue weighted by Gasteiger charge is 2.36. The van der Waals surface area contributed by atoms with Gasteiger partial charge in [0.2, 0.25) is 5.91 Å². The van der Waals surface area contributed by atoms with Gasteiger partial charge in [-0.3, -0.25) is 14.5 Å². The van der Waals surface area contributed by atoms with E-state index in [0.717, 1.165) is 47.7 Å². The SMILES string of the molecule is Cc1ccccc1N(C(=O)c1csnn1)[C@@H](C(=O)NC1CCCC1)c1cccs1. The summed E-state index contributed by atoms with van der Waals surface area (Å²) in [6.07, 6.45) is 4.22. The van der Waals surface area contributed by atoms with E-state index in [0.29, 0.717) is 5.69 Å². The van der Waals surface area contributed by atoms with E-state index in [1.165, 1.54) is 11.3 Å². The Kier molecular flexibility index (Phi) is 6.01.